The van der Waals surface area contributed by atoms with Gasteiger partial charge in [-0.3, -0.25) is 4.79 Å². The Morgan fingerprint density at radius 1 is 1.10 bits per heavy atom. The Hall–Kier alpha value is -2.30. The van der Waals surface area contributed by atoms with Gasteiger partial charge in [-0.05, 0) is 80.8 Å². The molecule has 164 valence electrons. The van der Waals surface area contributed by atoms with Crippen LogP contribution in [-0.4, -0.2) is 29.2 Å². The number of Topliss-reactive ketones (excluding diaryl/α,β-unsaturated/α-hetero) is 1. The third kappa shape index (κ3) is 3.66. The van der Waals surface area contributed by atoms with Crippen molar-refractivity contribution >= 4 is 23.0 Å². The Balaban J connectivity index is 1.88. The fraction of sp³-hybridized carbons (Fsp3) is 0.423. The highest BCUT2D eigenvalue weighted by Gasteiger charge is 2.53. The maximum atomic E-state index is 13.4. The van der Waals surface area contributed by atoms with Gasteiger partial charge >= 0.3 is 0 Å². The van der Waals surface area contributed by atoms with Crippen LogP contribution in [0.15, 0.2) is 42.2 Å². The molecular weight excluding hydrogens is 412 g/mol. The van der Waals surface area contributed by atoms with E-state index in [4.69, 9.17) is 21.1 Å². The summed E-state index contributed by atoms with van der Waals surface area (Å²) in [5.74, 6) is 0.650. The van der Waals surface area contributed by atoms with Crippen molar-refractivity contribution in [2.45, 2.75) is 64.1 Å². The van der Waals surface area contributed by atoms with Crippen molar-refractivity contribution in [1.82, 2.24) is 0 Å². The van der Waals surface area contributed by atoms with Crippen molar-refractivity contribution in [3.8, 4) is 16.9 Å². The second kappa shape index (κ2) is 7.99. The molecule has 1 fully saturated rings. The van der Waals surface area contributed by atoms with E-state index in [2.05, 4.69) is 13.0 Å². The van der Waals surface area contributed by atoms with Gasteiger partial charge in [-0.1, -0.05) is 36.7 Å². The summed E-state index contributed by atoms with van der Waals surface area (Å²) in [6.45, 7) is 5.66. The second-order valence-corrected chi connectivity index (χ2v) is 9.37. The summed E-state index contributed by atoms with van der Waals surface area (Å²) in [4.78, 5) is 13.4. The second-order valence-electron chi connectivity index (χ2n) is 8.94. The van der Waals surface area contributed by atoms with E-state index in [1.54, 1.807) is 27.0 Å². The van der Waals surface area contributed by atoms with Crippen LogP contribution in [0.2, 0.25) is 5.02 Å². The van der Waals surface area contributed by atoms with Crippen LogP contribution in [0.5, 0.6) is 5.75 Å². The molecule has 2 aromatic rings. The van der Waals surface area contributed by atoms with Crippen LogP contribution in [0.4, 0.5) is 0 Å². The van der Waals surface area contributed by atoms with Crippen LogP contribution in [0.3, 0.4) is 0 Å². The van der Waals surface area contributed by atoms with Gasteiger partial charge in [0.25, 0.3) is 0 Å². The number of carbonyl (C=O) groups excluding carboxylic acids is 1. The number of carbonyl (C=O) groups is 1. The predicted octanol–water partition coefficient (Wildman–Crippen LogP) is 6.54. The largest absolute Gasteiger partial charge is 0.508 e. The Kier molecular flexibility index (Phi) is 5.65. The third-order valence-electron chi connectivity index (χ3n) is 6.53. The first-order valence-corrected chi connectivity index (χ1v) is 11.3. The standard InChI is InChI=1S/C26H29ClO4/c1-5-16-14-17(20-15-18(27)9-11-21(20)30-4)8-10-19(16)22-23(28)25(2,3)31-26(24(22)29)12-6-7-13-26/h8-11,14-15,29H,5-7,12-13H2,1-4H3. The molecule has 1 aliphatic carbocycles. The van der Waals surface area contributed by atoms with E-state index in [1.807, 2.05) is 24.3 Å². The van der Waals surface area contributed by atoms with Gasteiger partial charge in [0.2, 0.25) is 0 Å². The molecule has 1 aliphatic heterocycles. The average molecular weight is 441 g/mol. The number of hydrogen-bond donors (Lipinski definition) is 1. The molecule has 0 aromatic heterocycles. The normalized spacial score (nSPS) is 19.8. The SMILES string of the molecule is CCc1cc(-c2cc(Cl)ccc2OC)ccc1C1=C(O)C2(CCCC2)OC(C)(C)C1=O. The molecule has 0 unspecified atom stereocenters. The number of ketones is 1. The molecule has 2 aliphatic rings. The van der Waals surface area contributed by atoms with Gasteiger partial charge in [0.1, 0.15) is 22.7 Å². The molecule has 4 rings (SSSR count). The lowest BCUT2D eigenvalue weighted by atomic mass is 9.79. The summed E-state index contributed by atoms with van der Waals surface area (Å²) in [7, 11) is 1.63. The molecule has 1 spiro atoms. The van der Waals surface area contributed by atoms with Crippen molar-refractivity contribution in [2.75, 3.05) is 7.11 Å². The van der Waals surface area contributed by atoms with E-state index in [0.29, 0.717) is 17.0 Å². The quantitative estimate of drug-likeness (QED) is 0.586. The number of rotatable bonds is 4. The summed E-state index contributed by atoms with van der Waals surface area (Å²) in [6.07, 6.45) is 4.15. The van der Waals surface area contributed by atoms with Crippen LogP contribution in [-0.2, 0) is 16.0 Å². The summed E-state index contributed by atoms with van der Waals surface area (Å²) in [5, 5.41) is 11.9. The maximum absolute atomic E-state index is 13.4. The number of hydrogen-bond acceptors (Lipinski definition) is 4. The van der Waals surface area contributed by atoms with Crippen molar-refractivity contribution in [1.29, 1.82) is 0 Å². The number of halogens is 1. The van der Waals surface area contributed by atoms with E-state index < -0.39 is 11.2 Å². The highest BCUT2D eigenvalue weighted by atomic mass is 35.5. The molecule has 0 bridgehead atoms. The number of aliphatic hydroxyl groups is 1. The van der Waals surface area contributed by atoms with Crippen LogP contribution in [0, 0.1) is 0 Å². The van der Waals surface area contributed by atoms with Crippen LogP contribution in [0.25, 0.3) is 16.7 Å². The van der Waals surface area contributed by atoms with Gasteiger partial charge < -0.3 is 14.6 Å². The highest BCUT2D eigenvalue weighted by molar-refractivity contribution is 6.31. The summed E-state index contributed by atoms with van der Waals surface area (Å²) >= 11 is 6.23. The summed E-state index contributed by atoms with van der Waals surface area (Å²) in [5.41, 5.74) is 2.27. The molecule has 31 heavy (non-hydrogen) atoms. The first-order chi connectivity index (χ1) is 14.7. The van der Waals surface area contributed by atoms with E-state index >= 15 is 0 Å². The van der Waals surface area contributed by atoms with E-state index in [9.17, 15) is 9.90 Å². The Labute approximate surface area is 188 Å². The first kappa shape index (κ1) is 21.9. The summed E-state index contributed by atoms with van der Waals surface area (Å²) in [6, 6.07) is 11.5. The Morgan fingerprint density at radius 2 is 1.81 bits per heavy atom. The topological polar surface area (TPSA) is 55.8 Å². The van der Waals surface area contributed by atoms with Crippen molar-refractivity contribution < 1.29 is 19.4 Å². The minimum atomic E-state index is -0.980. The third-order valence-corrected chi connectivity index (χ3v) is 6.77. The molecule has 2 aromatic carbocycles. The number of aliphatic hydroxyl groups excluding tert-OH is 1. The number of ether oxygens (including phenoxy) is 2. The maximum Gasteiger partial charge on any atom is 0.198 e. The molecule has 0 atom stereocenters. The highest BCUT2D eigenvalue weighted by Crippen LogP contribution is 2.49. The molecule has 1 saturated carbocycles. The molecule has 4 nitrogen and oxygen atoms in total. The first-order valence-electron chi connectivity index (χ1n) is 10.9. The lowest BCUT2D eigenvalue weighted by molar-refractivity contribution is -0.164. The van der Waals surface area contributed by atoms with Crippen LogP contribution >= 0.6 is 11.6 Å². The van der Waals surface area contributed by atoms with Crippen molar-refractivity contribution in [3.05, 3.63) is 58.3 Å². The minimum Gasteiger partial charge on any atom is -0.508 e. The van der Waals surface area contributed by atoms with Gasteiger partial charge in [-0.15, -0.1) is 0 Å². The molecule has 1 heterocycles. The monoisotopic (exact) mass is 440 g/mol. The van der Waals surface area contributed by atoms with Crippen molar-refractivity contribution in [3.63, 3.8) is 0 Å². The van der Waals surface area contributed by atoms with Gasteiger partial charge in [-0.25, -0.2) is 0 Å². The zero-order valence-corrected chi connectivity index (χ0v) is 19.3. The molecule has 5 heteroatoms. The molecule has 0 amide bonds. The molecule has 1 N–H and O–H groups in total. The van der Waals surface area contributed by atoms with Gasteiger partial charge in [0.05, 0.1) is 12.7 Å². The number of benzene rings is 2. The number of methoxy groups -OCH3 is 1. The fourth-order valence-electron chi connectivity index (χ4n) is 4.96. The van der Waals surface area contributed by atoms with E-state index in [0.717, 1.165) is 53.7 Å². The average Bonchev–Trinajstić information content (AvgIpc) is 3.21. The number of aryl methyl sites for hydroxylation is 1. The van der Waals surface area contributed by atoms with Crippen molar-refractivity contribution in [2.24, 2.45) is 0 Å². The lowest BCUT2D eigenvalue weighted by Crippen LogP contribution is -2.51. The fourth-order valence-corrected chi connectivity index (χ4v) is 5.13. The van der Waals surface area contributed by atoms with Gasteiger partial charge in [0, 0.05) is 10.6 Å². The zero-order chi connectivity index (χ0) is 22.4. The molecular formula is C26H29ClO4. The lowest BCUT2D eigenvalue weighted by Gasteiger charge is -2.42. The Bertz CT molecular complexity index is 1060. The van der Waals surface area contributed by atoms with E-state index in [1.165, 1.54) is 0 Å². The smallest absolute Gasteiger partial charge is 0.198 e. The van der Waals surface area contributed by atoms with Crippen LogP contribution in [0.1, 0.15) is 57.6 Å². The molecule has 0 saturated heterocycles. The van der Waals surface area contributed by atoms with Gasteiger partial charge in [0.15, 0.2) is 5.78 Å². The van der Waals surface area contributed by atoms with E-state index in [-0.39, 0.29) is 11.5 Å². The molecule has 0 radical (unpaired) electrons. The summed E-state index contributed by atoms with van der Waals surface area (Å²) < 4.78 is 11.7. The zero-order valence-electron chi connectivity index (χ0n) is 18.5. The van der Waals surface area contributed by atoms with Gasteiger partial charge in [-0.2, -0.15) is 0 Å². The predicted molar refractivity (Wildman–Crippen MR) is 124 cm³/mol. The van der Waals surface area contributed by atoms with Crippen LogP contribution < -0.4 is 4.74 Å². The Morgan fingerprint density at radius 3 is 2.45 bits per heavy atom. The minimum absolute atomic E-state index is 0.0945.